The number of methoxy groups -OCH3 is 1. The molecule has 0 bridgehead atoms. The molecule has 2 unspecified atom stereocenters. The van der Waals surface area contributed by atoms with Crippen LogP contribution in [0.25, 0.3) is 0 Å². The van der Waals surface area contributed by atoms with Gasteiger partial charge >= 0.3 is 17.9 Å². The van der Waals surface area contributed by atoms with E-state index in [1.54, 1.807) is 79.9 Å². The number of hydrogen-bond acceptors (Lipinski definition) is 11. The molecule has 0 saturated heterocycles. The average Bonchev–Trinajstić information content (AvgIpc) is 3.26. The Morgan fingerprint density at radius 3 is 1.68 bits per heavy atom. The summed E-state index contributed by atoms with van der Waals surface area (Å²) in [6.45, 7) is 8.97. The lowest BCUT2D eigenvalue weighted by Crippen LogP contribution is -2.16. The monoisotopic (exact) mass is 842 g/mol. The van der Waals surface area contributed by atoms with Crippen molar-refractivity contribution in [1.29, 1.82) is 0 Å². The number of rotatable bonds is 26. The summed E-state index contributed by atoms with van der Waals surface area (Å²) in [5.41, 5.74) is 2.21. The van der Waals surface area contributed by atoms with Crippen molar-refractivity contribution in [3.63, 3.8) is 0 Å². The van der Waals surface area contributed by atoms with Gasteiger partial charge in [-0.25, -0.2) is 14.4 Å². The highest BCUT2D eigenvalue weighted by atomic mass is 31.0. The standard InChI is InChI=1S/C24H29O5P.C23H26O6.CH4/c1-19(29-23(30)17-20-9-5-4-6-10-20)24(26)28-16-8-3-2-7-15-27-22-13-11-21(18-25)12-14-22;1-3-22(24)28-17-7-5-4-6-16-27-20-10-8-18(9-11-20)23(25)29-21-14-12-19(26-2)13-15-21;/h4-6,9-14,18,23H,1-3,7-8,15-17,30H2;3,8-15H,1,4-7,16-17H2,2H3;1H4. The molecule has 4 aromatic rings. The third-order valence-corrected chi connectivity index (χ3v) is 8.81. The van der Waals surface area contributed by atoms with Gasteiger partial charge in [-0.3, -0.25) is 4.79 Å². The van der Waals surface area contributed by atoms with Crippen molar-refractivity contribution in [3.8, 4) is 23.0 Å². The molecule has 0 N–H and O–H groups in total. The summed E-state index contributed by atoms with van der Waals surface area (Å²) in [5.74, 6) is 1.07. The van der Waals surface area contributed by atoms with Crippen LogP contribution in [0.2, 0.25) is 0 Å². The maximum atomic E-state index is 12.2. The van der Waals surface area contributed by atoms with Gasteiger partial charge in [0.1, 0.15) is 35.1 Å². The Labute approximate surface area is 357 Å². The van der Waals surface area contributed by atoms with Gasteiger partial charge in [0.25, 0.3) is 0 Å². The summed E-state index contributed by atoms with van der Waals surface area (Å²) < 4.78 is 37.4. The molecule has 0 aliphatic rings. The predicted octanol–water partition coefficient (Wildman–Crippen LogP) is 10.2. The van der Waals surface area contributed by atoms with E-state index in [4.69, 9.17) is 33.2 Å². The summed E-state index contributed by atoms with van der Waals surface area (Å²) in [7, 11) is 4.15. The first-order valence-electron chi connectivity index (χ1n) is 19.6. The van der Waals surface area contributed by atoms with Gasteiger partial charge in [0.05, 0.1) is 39.1 Å². The van der Waals surface area contributed by atoms with Crippen molar-refractivity contribution in [1.82, 2.24) is 0 Å². The summed E-state index contributed by atoms with van der Waals surface area (Å²) in [4.78, 5) is 45.7. The number of hydrogen-bond donors (Lipinski definition) is 0. The van der Waals surface area contributed by atoms with Gasteiger partial charge < -0.3 is 33.2 Å². The summed E-state index contributed by atoms with van der Waals surface area (Å²) in [6.07, 6.45) is 9.92. The molecule has 0 heterocycles. The molecule has 60 heavy (non-hydrogen) atoms. The zero-order valence-corrected chi connectivity index (χ0v) is 34.9. The van der Waals surface area contributed by atoms with Crippen LogP contribution in [0.15, 0.2) is 128 Å². The first-order valence-corrected chi connectivity index (χ1v) is 20.3. The van der Waals surface area contributed by atoms with E-state index in [1.807, 2.05) is 30.3 Å². The van der Waals surface area contributed by atoms with E-state index in [0.29, 0.717) is 61.2 Å². The summed E-state index contributed by atoms with van der Waals surface area (Å²) in [6, 6.07) is 30.6. The van der Waals surface area contributed by atoms with Crippen LogP contribution in [-0.2, 0) is 30.2 Å². The average molecular weight is 843 g/mol. The molecule has 0 radical (unpaired) electrons. The lowest BCUT2D eigenvalue weighted by Gasteiger charge is -2.15. The first-order chi connectivity index (χ1) is 28.7. The smallest absolute Gasteiger partial charge is 0.372 e. The van der Waals surface area contributed by atoms with Crippen molar-refractivity contribution < 1.29 is 52.3 Å². The molecule has 2 atom stereocenters. The number of ether oxygens (including phenoxy) is 7. The van der Waals surface area contributed by atoms with E-state index in [1.165, 1.54) is 0 Å². The second-order valence-corrected chi connectivity index (χ2v) is 13.8. The SMILES string of the molecule is C.C=C(OC(P)Cc1ccccc1)C(=O)OCCCCCCOc1ccc(C=O)cc1.C=CC(=O)OCCCCCCOc1ccc(C(=O)Oc2ccc(OC)cc2)cc1. The molecular weight excluding hydrogens is 783 g/mol. The number of unbranched alkanes of at least 4 members (excludes halogenated alkanes) is 6. The molecule has 0 aromatic heterocycles. The lowest BCUT2D eigenvalue weighted by molar-refractivity contribution is -0.143. The van der Waals surface area contributed by atoms with Gasteiger partial charge in [0, 0.05) is 18.1 Å². The third kappa shape index (κ3) is 21.2. The molecule has 0 amide bonds. The molecule has 322 valence electrons. The Kier molecular flexibility index (Phi) is 25.2. The van der Waals surface area contributed by atoms with Crippen LogP contribution in [0, 0.1) is 0 Å². The van der Waals surface area contributed by atoms with Gasteiger partial charge in [-0.05, 0) is 136 Å². The lowest BCUT2D eigenvalue weighted by atomic mass is 10.2. The Bertz CT molecular complexity index is 1840. The van der Waals surface area contributed by atoms with Gasteiger partial charge in [0.2, 0.25) is 0 Å². The molecule has 0 spiro atoms. The molecule has 11 nitrogen and oxygen atoms in total. The Morgan fingerprint density at radius 2 is 1.15 bits per heavy atom. The van der Waals surface area contributed by atoms with Crippen LogP contribution in [0.4, 0.5) is 0 Å². The molecule has 4 aromatic carbocycles. The maximum Gasteiger partial charge on any atom is 0.372 e. The number of carbonyl (C=O) groups excluding carboxylic acids is 4. The molecule has 0 aliphatic carbocycles. The second kappa shape index (κ2) is 30.2. The van der Waals surface area contributed by atoms with E-state index in [-0.39, 0.29) is 25.0 Å². The Balaban J connectivity index is 0.000000407. The largest absolute Gasteiger partial charge is 0.497 e. The van der Waals surface area contributed by atoms with Gasteiger partial charge in [-0.2, -0.15) is 0 Å². The van der Waals surface area contributed by atoms with Crippen molar-refractivity contribution >= 4 is 33.4 Å². The summed E-state index contributed by atoms with van der Waals surface area (Å²) >= 11 is 0. The fourth-order valence-corrected chi connectivity index (χ4v) is 5.67. The van der Waals surface area contributed by atoms with Crippen LogP contribution >= 0.6 is 9.24 Å². The van der Waals surface area contributed by atoms with Crippen LogP contribution < -0.4 is 18.9 Å². The summed E-state index contributed by atoms with van der Waals surface area (Å²) in [5, 5.41) is 0. The van der Waals surface area contributed by atoms with E-state index >= 15 is 0 Å². The van der Waals surface area contributed by atoms with Crippen molar-refractivity contribution in [2.75, 3.05) is 33.5 Å². The Morgan fingerprint density at radius 1 is 0.650 bits per heavy atom. The second-order valence-electron chi connectivity index (χ2n) is 13.1. The highest BCUT2D eigenvalue weighted by Gasteiger charge is 2.14. The Hall–Kier alpha value is -5.93. The van der Waals surface area contributed by atoms with E-state index < -0.39 is 11.9 Å². The zero-order valence-electron chi connectivity index (χ0n) is 33.7. The van der Waals surface area contributed by atoms with E-state index in [2.05, 4.69) is 22.4 Å². The van der Waals surface area contributed by atoms with Crippen LogP contribution in [0.3, 0.4) is 0 Å². The van der Waals surface area contributed by atoms with Crippen molar-refractivity contribution in [2.24, 2.45) is 0 Å². The van der Waals surface area contributed by atoms with Gasteiger partial charge in [-0.15, -0.1) is 0 Å². The van der Waals surface area contributed by atoms with Crippen molar-refractivity contribution in [3.05, 3.63) is 145 Å². The van der Waals surface area contributed by atoms with Crippen LogP contribution in [0.1, 0.15) is 85.1 Å². The quantitative estimate of drug-likeness (QED) is 0.0114. The van der Waals surface area contributed by atoms with Crippen LogP contribution in [0.5, 0.6) is 23.0 Å². The molecule has 4 rings (SSSR count). The predicted molar refractivity (Wildman–Crippen MR) is 237 cm³/mol. The number of aldehydes is 1. The number of esters is 3. The van der Waals surface area contributed by atoms with E-state index in [0.717, 1.165) is 75.0 Å². The molecule has 0 saturated carbocycles. The minimum absolute atomic E-state index is 0. The topological polar surface area (TPSA) is 133 Å². The normalized spacial score (nSPS) is 10.6. The highest BCUT2D eigenvalue weighted by molar-refractivity contribution is 7.17. The minimum Gasteiger partial charge on any atom is -0.497 e. The molecule has 12 heteroatoms. The number of benzene rings is 4. The zero-order chi connectivity index (χ0) is 42.5. The van der Waals surface area contributed by atoms with Gasteiger partial charge in [-0.1, -0.05) is 53.6 Å². The maximum absolute atomic E-state index is 12.2. The number of carbonyl (C=O) groups is 4. The van der Waals surface area contributed by atoms with E-state index in [9.17, 15) is 19.2 Å². The highest BCUT2D eigenvalue weighted by Crippen LogP contribution is 2.20. The van der Waals surface area contributed by atoms with Gasteiger partial charge in [0.15, 0.2) is 5.76 Å². The van der Waals surface area contributed by atoms with Crippen LogP contribution in [-0.4, -0.2) is 63.6 Å². The van der Waals surface area contributed by atoms with Crippen molar-refractivity contribution in [2.45, 2.75) is 71.1 Å². The fraction of sp³-hybridized carbons (Fsp3) is 0.333. The molecule has 0 fully saturated rings. The fourth-order valence-electron chi connectivity index (χ4n) is 5.23. The minimum atomic E-state index is -0.516. The molecule has 0 aliphatic heterocycles. The first kappa shape index (κ1) is 50.2. The third-order valence-electron chi connectivity index (χ3n) is 8.44. The molecular formula is C48H59O11P.